The molecular formula is C19H24N4. The molecule has 1 aromatic heterocycles. The highest BCUT2D eigenvalue weighted by Crippen LogP contribution is 2.24. The number of nitrogens with one attached hydrogen (secondary N) is 1. The van der Waals surface area contributed by atoms with E-state index in [0.29, 0.717) is 6.54 Å². The van der Waals surface area contributed by atoms with E-state index in [0.717, 1.165) is 36.1 Å². The first-order chi connectivity index (χ1) is 11.4. The van der Waals surface area contributed by atoms with Gasteiger partial charge in [0.05, 0.1) is 0 Å². The largest absolute Gasteiger partial charge is 0.366 e. The van der Waals surface area contributed by atoms with Crippen LogP contribution in [0.25, 0.3) is 11.4 Å². The van der Waals surface area contributed by atoms with Crippen LogP contribution in [0.4, 0.5) is 11.6 Å². The molecule has 120 valence electrons. The van der Waals surface area contributed by atoms with Crippen LogP contribution in [-0.2, 0) is 0 Å². The zero-order chi connectivity index (χ0) is 15.9. The molecule has 0 radical (unpaired) electrons. The van der Waals surface area contributed by atoms with Gasteiger partial charge >= 0.3 is 0 Å². The second-order valence-corrected chi connectivity index (χ2v) is 5.87. The lowest BCUT2D eigenvalue weighted by atomic mass is 10.2. The second kappa shape index (κ2) is 7.77. The van der Waals surface area contributed by atoms with Crippen LogP contribution in [0.1, 0.15) is 25.7 Å². The van der Waals surface area contributed by atoms with Crippen molar-refractivity contribution in [2.75, 3.05) is 29.9 Å². The van der Waals surface area contributed by atoms with Gasteiger partial charge in [-0.1, -0.05) is 49.2 Å². The maximum absolute atomic E-state index is 4.83. The van der Waals surface area contributed by atoms with Crippen molar-refractivity contribution in [1.29, 1.82) is 0 Å². The number of anilines is 2. The Hall–Kier alpha value is -2.36. The summed E-state index contributed by atoms with van der Waals surface area (Å²) in [5.41, 5.74) is 1.05. The quantitative estimate of drug-likeness (QED) is 0.844. The van der Waals surface area contributed by atoms with E-state index in [1.165, 1.54) is 25.7 Å². The maximum atomic E-state index is 4.83. The molecule has 1 saturated heterocycles. The summed E-state index contributed by atoms with van der Waals surface area (Å²) in [5, 5.41) is 3.30. The van der Waals surface area contributed by atoms with Gasteiger partial charge in [-0.2, -0.15) is 0 Å². The highest BCUT2D eigenvalue weighted by atomic mass is 15.2. The predicted molar refractivity (Wildman–Crippen MR) is 96.8 cm³/mol. The van der Waals surface area contributed by atoms with E-state index in [2.05, 4.69) is 40.0 Å². The Morgan fingerprint density at radius 3 is 2.48 bits per heavy atom. The molecule has 2 aromatic rings. The third-order valence-electron chi connectivity index (χ3n) is 4.10. The van der Waals surface area contributed by atoms with Crippen LogP contribution < -0.4 is 10.2 Å². The number of benzene rings is 1. The maximum Gasteiger partial charge on any atom is 0.163 e. The zero-order valence-corrected chi connectivity index (χ0v) is 13.5. The first kappa shape index (κ1) is 15.5. The van der Waals surface area contributed by atoms with E-state index in [1.807, 2.05) is 24.3 Å². The molecule has 1 N–H and O–H groups in total. The molecule has 4 nitrogen and oxygen atoms in total. The average Bonchev–Trinajstić information content (AvgIpc) is 2.90. The molecular weight excluding hydrogens is 284 g/mol. The molecule has 1 fully saturated rings. The molecule has 0 amide bonds. The van der Waals surface area contributed by atoms with Crippen LogP contribution in [0.2, 0.25) is 0 Å². The minimum absolute atomic E-state index is 0.699. The summed E-state index contributed by atoms with van der Waals surface area (Å²) in [6.45, 7) is 6.61. The van der Waals surface area contributed by atoms with Crippen molar-refractivity contribution in [3.63, 3.8) is 0 Å². The monoisotopic (exact) mass is 308 g/mol. The smallest absolute Gasteiger partial charge is 0.163 e. The van der Waals surface area contributed by atoms with Crippen molar-refractivity contribution in [3.8, 4) is 11.4 Å². The number of aromatic nitrogens is 2. The number of nitrogens with zero attached hydrogens (tertiary/aromatic N) is 3. The minimum atomic E-state index is 0.699. The third-order valence-corrected chi connectivity index (χ3v) is 4.10. The Morgan fingerprint density at radius 1 is 1.04 bits per heavy atom. The van der Waals surface area contributed by atoms with Gasteiger partial charge in [0.2, 0.25) is 0 Å². The van der Waals surface area contributed by atoms with Gasteiger partial charge in [0.15, 0.2) is 5.82 Å². The van der Waals surface area contributed by atoms with Crippen LogP contribution >= 0.6 is 0 Å². The molecule has 0 bridgehead atoms. The fourth-order valence-electron chi connectivity index (χ4n) is 2.88. The van der Waals surface area contributed by atoms with E-state index < -0.39 is 0 Å². The van der Waals surface area contributed by atoms with Gasteiger partial charge in [0.1, 0.15) is 11.6 Å². The normalized spacial score (nSPS) is 15.0. The van der Waals surface area contributed by atoms with Crippen molar-refractivity contribution in [2.45, 2.75) is 25.7 Å². The van der Waals surface area contributed by atoms with Gasteiger partial charge in [-0.3, -0.25) is 0 Å². The molecule has 1 aliphatic heterocycles. The Bertz CT molecular complexity index is 631. The minimum Gasteiger partial charge on any atom is -0.366 e. The van der Waals surface area contributed by atoms with Gasteiger partial charge in [-0.05, 0) is 12.8 Å². The number of hydrogen-bond acceptors (Lipinski definition) is 4. The van der Waals surface area contributed by atoms with Crippen molar-refractivity contribution in [1.82, 2.24) is 9.97 Å². The summed E-state index contributed by atoms with van der Waals surface area (Å²) < 4.78 is 0. The Balaban J connectivity index is 1.95. The van der Waals surface area contributed by atoms with E-state index in [4.69, 9.17) is 4.98 Å². The highest BCUT2D eigenvalue weighted by molar-refractivity contribution is 5.61. The van der Waals surface area contributed by atoms with Crippen LogP contribution in [-0.4, -0.2) is 29.6 Å². The fourth-order valence-corrected chi connectivity index (χ4v) is 2.88. The SMILES string of the molecule is C=CCNc1cc(N2CCCCCC2)nc(-c2ccccc2)n1. The summed E-state index contributed by atoms with van der Waals surface area (Å²) >= 11 is 0. The van der Waals surface area contributed by atoms with Crippen LogP contribution in [0, 0.1) is 0 Å². The summed E-state index contributed by atoms with van der Waals surface area (Å²) in [6, 6.07) is 12.2. The fraction of sp³-hybridized carbons (Fsp3) is 0.368. The second-order valence-electron chi connectivity index (χ2n) is 5.87. The third kappa shape index (κ3) is 4.09. The van der Waals surface area contributed by atoms with E-state index >= 15 is 0 Å². The van der Waals surface area contributed by atoms with Gasteiger partial charge < -0.3 is 10.2 Å². The summed E-state index contributed by atoms with van der Waals surface area (Å²) in [7, 11) is 0. The first-order valence-electron chi connectivity index (χ1n) is 8.41. The van der Waals surface area contributed by atoms with Gasteiger partial charge in [0, 0.05) is 31.3 Å². The summed E-state index contributed by atoms with van der Waals surface area (Å²) in [5.74, 6) is 2.66. The van der Waals surface area contributed by atoms with E-state index in [1.54, 1.807) is 0 Å². The molecule has 1 aromatic carbocycles. The van der Waals surface area contributed by atoms with E-state index in [9.17, 15) is 0 Å². The predicted octanol–water partition coefficient (Wildman–Crippen LogP) is 4.12. The Labute approximate surface area is 138 Å². The first-order valence-corrected chi connectivity index (χ1v) is 8.41. The lowest BCUT2D eigenvalue weighted by Gasteiger charge is -2.22. The lowest BCUT2D eigenvalue weighted by Crippen LogP contribution is -2.25. The standard InChI is InChI=1S/C19H24N4/c1-2-12-20-17-15-18(23-13-8-3-4-9-14-23)22-19(21-17)16-10-6-5-7-11-16/h2,5-7,10-11,15H,1,3-4,8-9,12-14H2,(H,20,21,22). The zero-order valence-electron chi connectivity index (χ0n) is 13.5. The summed E-state index contributed by atoms with van der Waals surface area (Å²) in [4.78, 5) is 11.9. The highest BCUT2D eigenvalue weighted by Gasteiger charge is 2.14. The van der Waals surface area contributed by atoms with E-state index in [-0.39, 0.29) is 0 Å². The topological polar surface area (TPSA) is 41.0 Å². The van der Waals surface area contributed by atoms with Crippen molar-refractivity contribution < 1.29 is 0 Å². The number of rotatable bonds is 5. The van der Waals surface area contributed by atoms with Crippen molar-refractivity contribution in [2.24, 2.45) is 0 Å². The van der Waals surface area contributed by atoms with Crippen molar-refractivity contribution in [3.05, 3.63) is 49.1 Å². The molecule has 0 spiro atoms. The Morgan fingerprint density at radius 2 is 1.78 bits per heavy atom. The molecule has 1 aliphatic rings. The number of hydrogen-bond donors (Lipinski definition) is 1. The van der Waals surface area contributed by atoms with Gasteiger partial charge in [0.25, 0.3) is 0 Å². The molecule has 4 heteroatoms. The molecule has 3 rings (SSSR count). The van der Waals surface area contributed by atoms with Crippen molar-refractivity contribution >= 4 is 11.6 Å². The van der Waals surface area contributed by atoms with Crippen LogP contribution in [0.3, 0.4) is 0 Å². The van der Waals surface area contributed by atoms with Crippen LogP contribution in [0.5, 0.6) is 0 Å². The molecule has 0 saturated carbocycles. The average molecular weight is 308 g/mol. The molecule has 2 heterocycles. The molecule has 0 unspecified atom stereocenters. The molecule has 0 atom stereocenters. The van der Waals surface area contributed by atoms with Gasteiger partial charge in [-0.25, -0.2) is 9.97 Å². The van der Waals surface area contributed by atoms with Gasteiger partial charge in [-0.15, -0.1) is 6.58 Å². The Kier molecular flexibility index (Phi) is 5.25. The lowest BCUT2D eigenvalue weighted by molar-refractivity contribution is 0.726. The molecule has 23 heavy (non-hydrogen) atoms. The summed E-state index contributed by atoms with van der Waals surface area (Å²) in [6.07, 6.45) is 6.94. The molecule has 0 aliphatic carbocycles. The van der Waals surface area contributed by atoms with Crippen LogP contribution in [0.15, 0.2) is 49.1 Å².